The highest BCUT2D eigenvalue weighted by Crippen LogP contribution is 2.40. The van der Waals surface area contributed by atoms with E-state index in [1.165, 1.54) is 11.2 Å². The number of amides is 1. The summed E-state index contributed by atoms with van der Waals surface area (Å²) in [5, 5.41) is 13.2. The SMILES string of the molecule is O=C1C(=O)N(Cc2ccco2)C(c2ccccc2)/C1=C(/O)c1ccc2ccccc2c1. The number of Topliss-reactive ketones (excluding diaryl/α,β-unsaturated/α-hetero) is 1. The van der Waals surface area contributed by atoms with Crippen LogP contribution in [-0.4, -0.2) is 21.7 Å². The average Bonchev–Trinajstić information content (AvgIpc) is 3.41. The summed E-state index contributed by atoms with van der Waals surface area (Å²) in [5.41, 5.74) is 1.32. The number of ketones is 1. The predicted octanol–water partition coefficient (Wildman–Crippen LogP) is 5.05. The van der Waals surface area contributed by atoms with Crippen molar-refractivity contribution < 1.29 is 19.1 Å². The van der Waals surface area contributed by atoms with E-state index in [1.54, 1.807) is 18.2 Å². The number of hydrogen-bond donors (Lipinski definition) is 1. The molecule has 1 atom stereocenters. The molecule has 1 aliphatic heterocycles. The third kappa shape index (κ3) is 3.30. The lowest BCUT2D eigenvalue weighted by molar-refractivity contribution is -0.140. The first-order valence-corrected chi connectivity index (χ1v) is 9.98. The molecule has 1 aliphatic rings. The monoisotopic (exact) mass is 409 g/mol. The zero-order chi connectivity index (χ0) is 21.4. The number of fused-ring (bicyclic) bond motifs is 1. The summed E-state index contributed by atoms with van der Waals surface area (Å²) in [6.07, 6.45) is 1.53. The molecule has 0 bridgehead atoms. The molecule has 2 heterocycles. The van der Waals surface area contributed by atoms with Crippen LogP contribution < -0.4 is 0 Å². The molecular weight excluding hydrogens is 390 g/mol. The molecule has 1 aromatic heterocycles. The number of carbonyl (C=O) groups excluding carboxylic acids is 2. The molecule has 0 radical (unpaired) electrons. The smallest absolute Gasteiger partial charge is 0.296 e. The van der Waals surface area contributed by atoms with E-state index < -0.39 is 17.7 Å². The van der Waals surface area contributed by atoms with Gasteiger partial charge in [-0.05, 0) is 34.5 Å². The number of benzene rings is 3. The van der Waals surface area contributed by atoms with E-state index in [0.29, 0.717) is 11.3 Å². The molecule has 1 saturated heterocycles. The van der Waals surface area contributed by atoms with Crippen LogP contribution in [0.15, 0.2) is 101 Å². The van der Waals surface area contributed by atoms with Crippen LogP contribution >= 0.6 is 0 Å². The Morgan fingerprint density at radius 3 is 2.35 bits per heavy atom. The van der Waals surface area contributed by atoms with Gasteiger partial charge in [0.2, 0.25) is 0 Å². The number of rotatable bonds is 4. The van der Waals surface area contributed by atoms with Crippen molar-refractivity contribution in [3.05, 3.63) is 114 Å². The molecule has 1 N–H and O–H groups in total. The van der Waals surface area contributed by atoms with Crippen LogP contribution in [0.5, 0.6) is 0 Å². The van der Waals surface area contributed by atoms with Crippen LogP contribution in [0, 0.1) is 0 Å². The second kappa shape index (κ2) is 7.61. The normalized spacial score (nSPS) is 18.1. The number of hydrogen-bond acceptors (Lipinski definition) is 4. The van der Waals surface area contributed by atoms with Crippen molar-refractivity contribution in [3.8, 4) is 0 Å². The fraction of sp³-hybridized carbons (Fsp3) is 0.0769. The third-order valence-corrected chi connectivity index (χ3v) is 5.58. The zero-order valence-electron chi connectivity index (χ0n) is 16.6. The topological polar surface area (TPSA) is 70.8 Å². The van der Waals surface area contributed by atoms with Crippen LogP contribution in [0.1, 0.15) is 22.9 Å². The summed E-state index contributed by atoms with van der Waals surface area (Å²) >= 11 is 0. The Bertz CT molecular complexity index is 1310. The summed E-state index contributed by atoms with van der Waals surface area (Å²) in [7, 11) is 0. The minimum Gasteiger partial charge on any atom is -0.507 e. The predicted molar refractivity (Wildman–Crippen MR) is 117 cm³/mol. The summed E-state index contributed by atoms with van der Waals surface area (Å²) in [5.74, 6) is -0.980. The molecule has 0 saturated carbocycles. The van der Waals surface area contributed by atoms with Gasteiger partial charge in [0, 0.05) is 5.56 Å². The Hall–Kier alpha value is -4.12. The van der Waals surface area contributed by atoms with Crippen molar-refractivity contribution in [1.29, 1.82) is 0 Å². The fourth-order valence-corrected chi connectivity index (χ4v) is 4.09. The van der Waals surface area contributed by atoms with Gasteiger partial charge in [-0.15, -0.1) is 0 Å². The van der Waals surface area contributed by atoms with Gasteiger partial charge >= 0.3 is 0 Å². The van der Waals surface area contributed by atoms with E-state index in [9.17, 15) is 14.7 Å². The lowest BCUT2D eigenvalue weighted by Crippen LogP contribution is -2.29. The molecule has 0 spiro atoms. The molecule has 0 aliphatic carbocycles. The molecule has 5 rings (SSSR count). The molecule has 4 aromatic rings. The molecule has 5 heteroatoms. The third-order valence-electron chi connectivity index (χ3n) is 5.58. The number of nitrogens with zero attached hydrogens (tertiary/aromatic N) is 1. The standard InChI is InChI=1S/C26H19NO4/c28-24(20-13-12-17-7-4-5-10-19(17)15-20)22-23(18-8-2-1-3-9-18)27(26(30)25(22)29)16-21-11-6-14-31-21/h1-15,23,28H,16H2/b24-22-. The second-order valence-electron chi connectivity index (χ2n) is 7.48. The zero-order valence-corrected chi connectivity index (χ0v) is 16.6. The van der Waals surface area contributed by atoms with E-state index in [2.05, 4.69) is 0 Å². The van der Waals surface area contributed by atoms with Gasteiger partial charge in [0.05, 0.1) is 24.4 Å². The fourth-order valence-electron chi connectivity index (χ4n) is 4.09. The maximum Gasteiger partial charge on any atom is 0.296 e. The van der Waals surface area contributed by atoms with Gasteiger partial charge in [0.1, 0.15) is 11.5 Å². The van der Waals surface area contributed by atoms with Crippen molar-refractivity contribution in [2.45, 2.75) is 12.6 Å². The van der Waals surface area contributed by atoms with Gasteiger partial charge in [-0.2, -0.15) is 0 Å². The van der Waals surface area contributed by atoms with Crippen LogP contribution in [0.4, 0.5) is 0 Å². The second-order valence-corrected chi connectivity index (χ2v) is 7.48. The van der Waals surface area contributed by atoms with Gasteiger partial charge in [-0.25, -0.2) is 0 Å². The summed E-state index contributed by atoms with van der Waals surface area (Å²) < 4.78 is 5.41. The Kier molecular flexibility index (Phi) is 4.64. The molecule has 5 nitrogen and oxygen atoms in total. The summed E-state index contributed by atoms with van der Waals surface area (Å²) in [4.78, 5) is 27.5. The van der Waals surface area contributed by atoms with Crippen molar-refractivity contribution in [2.75, 3.05) is 0 Å². The molecule has 1 unspecified atom stereocenters. The summed E-state index contributed by atoms with van der Waals surface area (Å²) in [6.45, 7) is 0.131. The van der Waals surface area contributed by atoms with Crippen molar-refractivity contribution in [3.63, 3.8) is 0 Å². The van der Waals surface area contributed by atoms with E-state index in [4.69, 9.17) is 4.42 Å². The number of aliphatic hydroxyl groups excluding tert-OH is 1. The minimum absolute atomic E-state index is 0.0815. The van der Waals surface area contributed by atoms with E-state index in [1.807, 2.05) is 66.7 Å². The van der Waals surface area contributed by atoms with Gasteiger partial charge in [0.25, 0.3) is 11.7 Å². The van der Waals surface area contributed by atoms with Crippen LogP contribution in [0.3, 0.4) is 0 Å². The highest BCUT2D eigenvalue weighted by molar-refractivity contribution is 6.46. The minimum atomic E-state index is -0.710. The van der Waals surface area contributed by atoms with Crippen molar-refractivity contribution in [2.24, 2.45) is 0 Å². The van der Waals surface area contributed by atoms with Crippen molar-refractivity contribution in [1.82, 2.24) is 4.90 Å². The highest BCUT2D eigenvalue weighted by Gasteiger charge is 2.46. The lowest BCUT2D eigenvalue weighted by atomic mass is 9.94. The van der Waals surface area contributed by atoms with E-state index in [-0.39, 0.29) is 17.9 Å². The summed E-state index contributed by atoms with van der Waals surface area (Å²) in [6, 6.07) is 25.3. The Labute approximate surface area is 178 Å². The molecular formula is C26H19NO4. The largest absolute Gasteiger partial charge is 0.507 e. The highest BCUT2D eigenvalue weighted by atomic mass is 16.3. The molecule has 1 fully saturated rings. The first kappa shape index (κ1) is 18.9. The maximum atomic E-state index is 13.1. The maximum absolute atomic E-state index is 13.1. The van der Waals surface area contributed by atoms with Gasteiger partial charge < -0.3 is 14.4 Å². The van der Waals surface area contributed by atoms with Gasteiger partial charge in [0.15, 0.2) is 0 Å². The van der Waals surface area contributed by atoms with Crippen LogP contribution in [0.2, 0.25) is 0 Å². The van der Waals surface area contributed by atoms with Crippen molar-refractivity contribution >= 4 is 28.2 Å². The molecule has 31 heavy (non-hydrogen) atoms. The lowest BCUT2D eigenvalue weighted by Gasteiger charge is -2.24. The number of aliphatic hydroxyl groups is 1. The number of likely N-dealkylation sites (tertiary alicyclic amines) is 1. The Balaban J connectivity index is 1.66. The first-order valence-electron chi connectivity index (χ1n) is 9.98. The van der Waals surface area contributed by atoms with E-state index >= 15 is 0 Å². The quantitative estimate of drug-likeness (QED) is 0.291. The van der Waals surface area contributed by atoms with Crippen LogP contribution in [-0.2, 0) is 16.1 Å². The van der Waals surface area contributed by atoms with Gasteiger partial charge in [-0.1, -0.05) is 66.7 Å². The van der Waals surface area contributed by atoms with Gasteiger partial charge in [-0.3, -0.25) is 9.59 Å². The van der Waals surface area contributed by atoms with Crippen LogP contribution in [0.25, 0.3) is 16.5 Å². The Morgan fingerprint density at radius 1 is 0.871 bits per heavy atom. The first-order chi connectivity index (χ1) is 15.1. The number of furan rings is 1. The molecule has 3 aromatic carbocycles. The Morgan fingerprint density at radius 2 is 1.61 bits per heavy atom. The molecule has 152 valence electrons. The number of carbonyl (C=O) groups is 2. The average molecular weight is 409 g/mol. The molecule has 1 amide bonds. The van der Waals surface area contributed by atoms with E-state index in [0.717, 1.165) is 16.3 Å².